The van der Waals surface area contributed by atoms with E-state index >= 15 is 0 Å². The molecule has 0 aliphatic carbocycles. The molecule has 112 valence electrons. The maximum absolute atomic E-state index is 9.93. The number of aliphatic hydroxyl groups is 1. The minimum Gasteiger partial charge on any atom is -0.461 e. The highest BCUT2D eigenvalue weighted by Gasteiger charge is 2.16. The fourth-order valence-electron chi connectivity index (χ4n) is 2.66. The predicted octanol–water partition coefficient (Wildman–Crippen LogP) is 4.27. The van der Waals surface area contributed by atoms with Gasteiger partial charge >= 0.3 is 0 Å². The lowest BCUT2D eigenvalue weighted by molar-refractivity contribution is 0.233. The molecule has 1 aliphatic heterocycles. The fraction of sp³-hybridized carbons (Fsp3) is 0.474. The average molecular weight is 284 g/mol. The van der Waals surface area contributed by atoms with Crippen molar-refractivity contribution < 1.29 is 9.52 Å². The van der Waals surface area contributed by atoms with Gasteiger partial charge < -0.3 is 9.52 Å². The van der Waals surface area contributed by atoms with Gasteiger partial charge in [0.05, 0.1) is 0 Å². The van der Waals surface area contributed by atoms with Crippen molar-refractivity contribution in [3.8, 4) is 11.8 Å². The number of hydrogen-bond donors (Lipinski definition) is 1. The summed E-state index contributed by atoms with van der Waals surface area (Å²) in [6.07, 6.45) is 4.57. The Bertz CT molecular complexity index is 607. The van der Waals surface area contributed by atoms with Gasteiger partial charge in [0.15, 0.2) is 0 Å². The van der Waals surface area contributed by atoms with Crippen LogP contribution in [0, 0.1) is 24.7 Å². The summed E-state index contributed by atoms with van der Waals surface area (Å²) in [6.45, 7) is 10.2. The Morgan fingerprint density at radius 3 is 2.86 bits per heavy atom. The SMILES string of the molecule is C=C(C)[C@H]1CCC#C[C@@H](O)C/C(C)=C/c2cc(C)c(o2)C1. The van der Waals surface area contributed by atoms with E-state index in [2.05, 4.69) is 38.3 Å². The lowest BCUT2D eigenvalue weighted by Gasteiger charge is -2.14. The highest BCUT2D eigenvalue weighted by molar-refractivity contribution is 5.49. The van der Waals surface area contributed by atoms with Crippen LogP contribution in [0.1, 0.15) is 50.2 Å². The van der Waals surface area contributed by atoms with Crippen molar-refractivity contribution in [2.24, 2.45) is 5.92 Å². The van der Waals surface area contributed by atoms with Gasteiger partial charge in [-0.3, -0.25) is 0 Å². The first kappa shape index (κ1) is 15.7. The van der Waals surface area contributed by atoms with Crippen LogP contribution >= 0.6 is 0 Å². The van der Waals surface area contributed by atoms with Gasteiger partial charge in [-0.25, -0.2) is 0 Å². The van der Waals surface area contributed by atoms with E-state index in [0.29, 0.717) is 12.3 Å². The number of rotatable bonds is 1. The highest BCUT2D eigenvalue weighted by atomic mass is 16.3. The number of aryl methyl sites for hydroxylation is 1. The molecule has 2 nitrogen and oxygen atoms in total. The average Bonchev–Trinajstić information content (AvgIpc) is 2.72. The van der Waals surface area contributed by atoms with Crippen LogP contribution < -0.4 is 0 Å². The number of aliphatic hydroxyl groups excluding tert-OH is 1. The summed E-state index contributed by atoms with van der Waals surface area (Å²) in [6, 6.07) is 2.07. The molecule has 0 amide bonds. The molecule has 1 aromatic rings. The lowest BCUT2D eigenvalue weighted by atomic mass is 9.91. The van der Waals surface area contributed by atoms with E-state index in [1.54, 1.807) is 0 Å². The van der Waals surface area contributed by atoms with Gasteiger partial charge in [0.2, 0.25) is 0 Å². The van der Waals surface area contributed by atoms with Crippen LogP contribution in [-0.2, 0) is 6.42 Å². The van der Waals surface area contributed by atoms with Crippen molar-refractivity contribution in [1.29, 1.82) is 0 Å². The Labute approximate surface area is 127 Å². The summed E-state index contributed by atoms with van der Waals surface area (Å²) in [5.41, 5.74) is 3.42. The van der Waals surface area contributed by atoms with E-state index < -0.39 is 6.10 Å². The first-order chi connectivity index (χ1) is 9.95. The lowest BCUT2D eigenvalue weighted by Crippen LogP contribution is -2.06. The molecule has 1 aliphatic rings. The number of hydrogen-bond acceptors (Lipinski definition) is 2. The third-order valence-corrected chi connectivity index (χ3v) is 3.96. The topological polar surface area (TPSA) is 33.4 Å². The summed E-state index contributed by atoms with van der Waals surface area (Å²) < 4.78 is 5.97. The zero-order valence-electron chi connectivity index (χ0n) is 13.2. The largest absolute Gasteiger partial charge is 0.461 e. The van der Waals surface area contributed by atoms with Crippen LogP contribution in [0.3, 0.4) is 0 Å². The van der Waals surface area contributed by atoms with E-state index in [9.17, 15) is 5.11 Å². The van der Waals surface area contributed by atoms with Gasteiger partial charge in [-0.15, -0.1) is 5.92 Å². The second-order valence-corrected chi connectivity index (χ2v) is 6.07. The molecular weight excluding hydrogens is 260 g/mol. The molecule has 0 radical (unpaired) electrons. The molecule has 2 bridgehead atoms. The van der Waals surface area contributed by atoms with Gasteiger partial charge in [0.1, 0.15) is 17.6 Å². The van der Waals surface area contributed by atoms with Crippen LogP contribution in [0.5, 0.6) is 0 Å². The van der Waals surface area contributed by atoms with Gasteiger partial charge in [-0.2, -0.15) is 0 Å². The predicted molar refractivity (Wildman–Crippen MR) is 86.7 cm³/mol. The van der Waals surface area contributed by atoms with Crippen molar-refractivity contribution in [3.05, 3.63) is 40.9 Å². The molecule has 0 saturated heterocycles. The van der Waals surface area contributed by atoms with Crippen LogP contribution in [0.15, 0.2) is 28.2 Å². The Morgan fingerprint density at radius 1 is 1.38 bits per heavy atom. The van der Waals surface area contributed by atoms with E-state index in [0.717, 1.165) is 41.9 Å². The third kappa shape index (κ3) is 4.37. The van der Waals surface area contributed by atoms with Crippen LogP contribution in [-0.4, -0.2) is 11.2 Å². The Kier molecular flexibility index (Phi) is 5.09. The molecule has 2 rings (SSSR count). The van der Waals surface area contributed by atoms with E-state index in [4.69, 9.17) is 4.42 Å². The minimum absolute atomic E-state index is 0.375. The quantitative estimate of drug-likeness (QED) is 0.617. The molecule has 0 aromatic carbocycles. The number of fused-ring (bicyclic) bond motifs is 2. The van der Waals surface area contributed by atoms with E-state index in [-0.39, 0.29) is 0 Å². The van der Waals surface area contributed by atoms with Gasteiger partial charge in [-0.05, 0) is 50.8 Å². The molecule has 0 fully saturated rings. The van der Waals surface area contributed by atoms with Crippen molar-refractivity contribution in [2.75, 3.05) is 0 Å². The van der Waals surface area contributed by atoms with Crippen LogP contribution in [0.2, 0.25) is 0 Å². The first-order valence-electron chi connectivity index (χ1n) is 7.54. The summed E-state index contributed by atoms with van der Waals surface area (Å²) in [7, 11) is 0. The van der Waals surface area contributed by atoms with E-state index in [1.807, 2.05) is 13.0 Å². The number of allylic oxidation sites excluding steroid dienone is 1. The maximum atomic E-state index is 9.93. The summed E-state index contributed by atoms with van der Waals surface area (Å²) >= 11 is 0. The first-order valence-corrected chi connectivity index (χ1v) is 7.54. The number of furan rings is 1. The Morgan fingerprint density at radius 2 is 2.14 bits per heavy atom. The highest BCUT2D eigenvalue weighted by Crippen LogP contribution is 2.26. The zero-order chi connectivity index (χ0) is 15.4. The molecule has 2 atom stereocenters. The van der Waals surface area contributed by atoms with Crippen molar-refractivity contribution >= 4 is 6.08 Å². The molecule has 2 heteroatoms. The molecule has 2 heterocycles. The summed E-state index contributed by atoms with van der Waals surface area (Å²) in [4.78, 5) is 0. The molecule has 1 N–H and O–H groups in total. The minimum atomic E-state index is -0.596. The van der Waals surface area contributed by atoms with Crippen LogP contribution in [0.4, 0.5) is 0 Å². The molecule has 0 unspecified atom stereocenters. The normalized spacial score (nSPS) is 25.4. The van der Waals surface area contributed by atoms with Gasteiger partial charge in [-0.1, -0.05) is 23.6 Å². The van der Waals surface area contributed by atoms with E-state index in [1.165, 1.54) is 5.56 Å². The third-order valence-electron chi connectivity index (χ3n) is 3.96. The molecule has 1 aromatic heterocycles. The van der Waals surface area contributed by atoms with Gasteiger partial charge in [0.25, 0.3) is 0 Å². The standard InChI is InChI=1S/C19H24O2/c1-13(2)16-7-5-6-8-17(20)9-14(3)10-18-11-15(4)19(12-16)21-18/h10-11,16-17,20H,1,5,7,9,12H2,2-4H3/b14-10+/t16-,17+/m0/s1. The zero-order valence-corrected chi connectivity index (χ0v) is 13.2. The molecular formula is C19H24O2. The smallest absolute Gasteiger partial charge is 0.127 e. The summed E-state index contributed by atoms with van der Waals surface area (Å²) in [5.74, 6) is 8.29. The van der Waals surface area contributed by atoms with Gasteiger partial charge in [0, 0.05) is 19.3 Å². The van der Waals surface area contributed by atoms with Crippen molar-refractivity contribution in [1.82, 2.24) is 0 Å². The van der Waals surface area contributed by atoms with Crippen LogP contribution in [0.25, 0.3) is 6.08 Å². The van der Waals surface area contributed by atoms with Crippen molar-refractivity contribution in [3.63, 3.8) is 0 Å². The summed E-state index contributed by atoms with van der Waals surface area (Å²) in [5, 5.41) is 9.93. The molecule has 21 heavy (non-hydrogen) atoms. The second-order valence-electron chi connectivity index (χ2n) is 6.07. The second kappa shape index (κ2) is 6.83. The Hall–Kier alpha value is -1.72. The molecule has 0 saturated carbocycles. The molecule has 0 spiro atoms. The maximum Gasteiger partial charge on any atom is 0.127 e. The fourth-order valence-corrected chi connectivity index (χ4v) is 2.66. The van der Waals surface area contributed by atoms with Crippen molar-refractivity contribution in [2.45, 2.75) is 52.6 Å². The Balaban J connectivity index is 2.34. The monoisotopic (exact) mass is 284 g/mol.